The van der Waals surface area contributed by atoms with Crippen LogP contribution >= 0.6 is 35.0 Å². The molecule has 0 amide bonds. The molecule has 0 saturated carbocycles. The number of carboxylic acid groups (broad SMARTS) is 1. The molecule has 1 N–H and O–H groups in total. The van der Waals surface area contributed by atoms with Gasteiger partial charge in [-0.1, -0.05) is 29.3 Å². The summed E-state index contributed by atoms with van der Waals surface area (Å²) >= 11 is 14.3. The van der Waals surface area contributed by atoms with Gasteiger partial charge in [-0.2, -0.15) is 0 Å². The van der Waals surface area contributed by atoms with Gasteiger partial charge >= 0.3 is 5.97 Å². The number of halogens is 2. The van der Waals surface area contributed by atoms with E-state index in [-0.39, 0.29) is 6.42 Å². The highest BCUT2D eigenvalue weighted by Gasteiger charge is 2.29. The number of nitrogens with zero attached hydrogens (tertiary/aromatic N) is 2. The molecule has 1 fully saturated rings. The zero-order valence-corrected chi connectivity index (χ0v) is 24.2. The number of pyridine rings is 1. The number of methoxy groups -OCH3 is 1. The number of likely N-dealkylation sites (tertiary alicyclic amines) is 1. The van der Waals surface area contributed by atoms with E-state index in [0.29, 0.717) is 21.9 Å². The molecule has 1 aliphatic rings. The Balaban J connectivity index is 1.29. The van der Waals surface area contributed by atoms with Crippen molar-refractivity contribution in [3.63, 3.8) is 0 Å². The summed E-state index contributed by atoms with van der Waals surface area (Å²) < 4.78 is 5.42. The zero-order valence-electron chi connectivity index (χ0n) is 21.9. The Labute approximate surface area is 239 Å². The maximum absolute atomic E-state index is 11.4. The van der Waals surface area contributed by atoms with Crippen LogP contribution in [0.2, 0.25) is 10.0 Å². The Bertz CT molecular complexity index is 1210. The zero-order chi connectivity index (χ0) is 26.9. The SMILES string of the molecule is COc1ccc2nccc(CCCC3CCN(CCCSc4c(Cl)cccc4Cl)CC3CCC(=O)O)c2c1. The number of rotatable bonds is 13. The van der Waals surface area contributed by atoms with Crippen LogP contribution in [0.25, 0.3) is 10.9 Å². The van der Waals surface area contributed by atoms with Crippen molar-refractivity contribution in [2.24, 2.45) is 11.8 Å². The van der Waals surface area contributed by atoms with E-state index in [4.69, 9.17) is 27.9 Å². The van der Waals surface area contributed by atoms with Crippen LogP contribution < -0.4 is 4.74 Å². The summed E-state index contributed by atoms with van der Waals surface area (Å²) in [7, 11) is 1.69. The molecule has 8 heteroatoms. The fourth-order valence-corrected chi connectivity index (χ4v) is 7.15. The van der Waals surface area contributed by atoms with Crippen LogP contribution in [0, 0.1) is 11.8 Å². The molecule has 0 radical (unpaired) electrons. The minimum atomic E-state index is -0.703. The Hall–Kier alpha value is -1.99. The number of carbonyl (C=O) groups is 1. The molecule has 1 aromatic heterocycles. The summed E-state index contributed by atoms with van der Waals surface area (Å²) in [6, 6.07) is 13.8. The first-order valence-electron chi connectivity index (χ1n) is 13.4. The average molecular weight is 576 g/mol. The van der Waals surface area contributed by atoms with Gasteiger partial charge in [-0.15, -0.1) is 11.8 Å². The van der Waals surface area contributed by atoms with Crippen molar-refractivity contribution in [3.8, 4) is 5.75 Å². The first-order valence-corrected chi connectivity index (χ1v) is 15.1. The largest absolute Gasteiger partial charge is 0.497 e. The number of aryl methyl sites for hydroxylation is 1. The number of hydrogen-bond acceptors (Lipinski definition) is 5. The van der Waals surface area contributed by atoms with Gasteiger partial charge in [0.25, 0.3) is 0 Å². The predicted molar refractivity (Wildman–Crippen MR) is 158 cm³/mol. The molecule has 2 atom stereocenters. The van der Waals surface area contributed by atoms with Gasteiger partial charge in [0.15, 0.2) is 0 Å². The molecule has 38 heavy (non-hydrogen) atoms. The number of thioether (sulfide) groups is 1. The van der Waals surface area contributed by atoms with Crippen molar-refractivity contribution in [1.29, 1.82) is 0 Å². The molecule has 1 saturated heterocycles. The highest BCUT2D eigenvalue weighted by Crippen LogP contribution is 2.35. The van der Waals surface area contributed by atoms with Gasteiger partial charge in [-0.25, -0.2) is 0 Å². The molecule has 2 unspecified atom stereocenters. The second-order valence-electron chi connectivity index (χ2n) is 10.0. The average Bonchev–Trinajstić information content (AvgIpc) is 2.91. The topological polar surface area (TPSA) is 62.7 Å². The first kappa shape index (κ1) is 29.0. The van der Waals surface area contributed by atoms with Gasteiger partial charge in [-0.05, 0) is 111 Å². The van der Waals surface area contributed by atoms with E-state index < -0.39 is 5.97 Å². The molecule has 0 bridgehead atoms. The van der Waals surface area contributed by atoms with Crippen LogP contribution in [-0.4, -0.2) is 53.5 Å². The molecule has 2 aromatic carbocycles. The van der Waals surface area contributed by atoms with Crippen LogP contribution in [0.1, 0.15) is 44.1 Å². The van der Waals surface area contributed by atoms with E-state index >= 15 is 0 Å². The number of piperidine rings is 1. The van der Waals surface area contributed by atoms with E-state index in [2.05, 4.69) is 22.0 Å². The molecule has 5 nitrogen and oxygen atoms in total. The van der Waals surface area contributed by atoms with E-state index in [0.717, 1.165) is 85.5 Å². The lowest BCUT2D eigenvalue weighted by atomic mass is 9.79. The van der Waals surface area contributed by atoms with E-state index in [9.17, 15) is 9.90 Å². The maximum atomic E-state index is 11.4. The normalized spacial score (nSPS) is 18.1. The molecule has 2 heterocycles. The van der Waals surface area contributed by atoms with Gasteiger partial charge in [0.05, 0.1) is 22.7 Å². The van der Waals surface area contributed by atoms with Gasteiger partial charge in [0.1, 0.15) is 5.75 Å². The number of fused-ring (bicyclic) bond motifs is 1. The summed E-state index contributed by atoms with van der Waals surface area (Å²) in [6.07, 6.45) is 8.23. The van der Waals surface area contributed by atoms with Crippen molar-refractivity contribution < 1.29 is 14.6 Å². The first-order chi connectivity index (χ1) is 18.4. The lowest BCUT2D eigenvalue weighted by Gasteiger charge is -2.39. The monoisotopic (exact) mass is 574 g/mol. The lowest BCUT2D eigenvalue weighted by Crippen LogP contribution is -2.41. The number of aliphatic carboxylic acids is 1. The van der Waals surface area contributed by atoms with E-state index in [1.165, 1.54) is 5.56 Å². The van der Waals surface area contributed by atoms with Gasteiger partial charge in [0.2, 0.25) is 0 Å². The third kappa shape index (κ3) is 8.01. The third-order valence-electron chi connectivity index (χ3n) is 7.55. The molecule has 0 spiro atoms. The summed E-state index contributed by atoms with van der Waals surface area (Å²) in [4.78, 5) is 19.3. The number of carboxylic acids is 1. The van der Waals surface area contributed by atoms with Crippen LogP contribution in [0.4, 0.5) is 0 Å². The minimum absolute atomic E-state index is 0.241. The maximum Gasteiger partial charge on any atom is 0.303 e. The highest BCUT2D eigenvalue weighted by atomic mass is 35.5. The van der Waals surface area contributed by atoms with E-state index in [1.54, 1.807) is 18.9 Å². The van der Waals surface area contributed by atoms with Crippen LogP contribution in [0.15, 0.2) is 53.6 Å². The van der Waals surface area contributed by atoms with Crippen LogP contribution in [0.5, 0.6) is 5.75 Å². The number of benzene rings is 2. The standard InChI is InChI=1S/C30H36Cl2N2O3S/c1-37-24-10-11-28-25(19-24)22(13-15-33-28)6-2-5-21-14-17-34(20-23(21)9-12-29(35)36)16-4-18-38-30-26(31)7-3-8-27(30)32/h3,7-8,10-11,13,15,19,21,23H,2,4-6,9,12,14,16-18,20H2,1H3,(H,35,36). The quantitative estimate of drug-likeness (QED) is 0.165. The van der Waals surface area contributed by atoms with E-state index in [1.807, 2.05) is 36.5 Å². The molecule has 1 aliphatic heterocycles. The predicted octanol–water partition coefficient (Wildman–Crippen LogP) is 7.86. The molecule has 4 rings (SSSR count). The van der Waals surface area contributed by atoms with Gasteiger partial charge in [0, 0.05) is 29.4 Å². The van der Waals surface area contributed by atoms with Gasteiger partial charge < -0.3 is 14.7 Å². The minimum Gasteiger partial charge on any atom is -0.497 e. The van der Waals surface area contributed by atoms with Gasteiger partial charge in [-0.3, -0.25) is 9.78 Å². The van der Waals surface area contributed by atoms with Crippen molar-refractivity contribution in [3.05, 3.63) is 64.3 Å². The molecule has 204 valence electrons. The second kappa shape index (κ2) is 14.4. The lowest BCUT2D eigenvalue weighted by molar-refractivity contribution is -0.137. The molecule has 0 aliphatic carbocycles. The number of hydrogen-bond donors (Lipinski definition) is 1. The summed E-state index contributed by atoms with van der Waals surface area (Å²) in [5.41, 5.74) is 2.29. The Morgan fingerprint density at radius 2 is 1.95 bits per heavy atom. The van der Waals surface area contributed by atoms with Crippen LogP contribution in [0.3, 0.4) is 0 Å². The number of ether oxygens (including phenoxy) is 1. The molecular weight excluding hydrogens is 539 g/mol. The molecule has 3 aromatic rings. The van der Waals surface area contributed by atoms with Crippen LogP contribution in [-0.2, 0) is 11.2 Å². The smallest absolute Gasteiger partial charge is 0.303 e. The second-order valence-corrected chi connectivity index (χ2v) is 12.0. The van der Waals surface area contributed by atoms with Crippen molar-refractivity contribution in [1.82, 2.24) is 9.88 Å². The molecular formula is C30H36Cl2N2O3S. The Kier molecular flexibility index (Phi) is 11.0. The fraction of sp³-hybridized carbons (Fsp3) is 0.467. The third-order valence-corrected chi connectivity index (χ3v) is 9.62. The summed E-state index contributed by atoms with van der Waals surface area (Å²) in [6.45, 7) is 3.06. The van der Waals surface area contributed by atoms with Crippen molar-refractivity contribution in [2.45, 2.75) is 49.8 Å². The summed E-state index contributed by atoms with van der Waals surface area (Å²) in [5.74, 6) is 2.07. The Morgan fingerprint density at radius 1 is 1.13 bits per heavy atom. The Morgan fingerprint density at radius 3 is 2.71 bits per heavy atom. The fourth-order valence-electron chi connectivity index (χ4n) is 5.54. The highest BCUT2D eigenvalue weighted by molar-refractivity contribution is 7.99. The van der Waals surface area contributed by atoms with Crippen molar-refractivity contribution in [2.75, 3.05) is 32.5 Å². The summed E-state index contributed by atoms with van der Waals surface area (Å²) in [5, 5.41) is 11.9. The van der Waals surface area contributed by atoms with Crippen molar-refractivity contribution >= 4 is 51.8 Å². The number of aromatic nitrogens is 1.